The number of rotatable bonds is 6. The summed E-state index contributed by atoms with van der Waals surface area (Å²) < 4.78 is 6.49. The smallest absolute Gasteiger partial charge is 0.328 e. The van der Waals surface area contributed by atoms with Crippen LogP contribution in [-0.4, -0.2) is 53.1 Å². The van der Waals surface area contributed by atoms with Gasteiger partial charge in [0.05, 0.1) is 19.3 Å². The number of nitrogens with one attached hydrogen (secondary N) is 2. The minimum atomic E-state index is -0.670. The van der Waals surface area contributed by atoms with Crippen LogP contribution < -0.4 is 10.6 Å². The number of piperidine rings is 1. The average molecular weight is 323 g/mol. The largest absolute Gasteiger partial charge is 0.467 e. The molecule has 1 aromatic heterocycles. The van der Waals surface area contributed by atoms with Crippen LogP contribution in [-0.2, 0) is 9.53 Å². The maximum absolute atomic E-state index is 12.3. The Hall–Kier alpha value is -1.96. The number of methoxy groups -OCH3 is 1. The van der Waals surface area contributed by atoms with Gasteiger partial charge in [-0.2, -0.15) is 0 Å². The molecule has 1 aliphatic rings. The second-order valence-corrected chi connectivity index (χ2v) is 6.24. The van der Waals surface area contributed by atoms with Crippen LogP contribution in [0.5, 0.6) is 0 Å². The highest BCUT2D eigenvalue weighted by Gasteiger charge is 2.25. The summed E-state index contributed by atoms with van der Waals surface area (Å²) in [5.41, 5.74) is 0.223. The van der Waals surface area contributed by atoms with Gasteiger partial charge < -0.3 is 15.4 Å². The first-order valence-electron chi connectivity index (χ1n) is 8.02. The van der Waals surface area contributed by atoms with E-state index in [1.165, 1.54) is 7.11 Å². The Bertz CT molecular complexity index is 537. The van der Waals surface area contributed by atoms with Crippen molar-refractivity contribution in [2.75, 3.05) is 20.2 Å². The molecule has 1 aromatic rings. The zero-order valence-electron chi connectivity index (χ0n) is 13.9. The molecule has 0 radical (unpaired) electrons. The van der Waals surface area contributed by atoms with Gasteiger partial charge in [0.1, 0.15) is 6.04 Å². The highest BCUT2D eigenvalue weighted by atomic mass is 16.5. The van der Waals surface area contributed by atoms with Crippen molar-refractivity contribution in [2.45, 2.75) is 45.2 Å². The van der Waals surface area contributed by atoms with Crippen molar-refractivity contribution in [1.82, 2.24) is 25.6 Å². The van der Waals surface area contributed by atoms with E-state index < -0.39 is 17.9 Å². The number of hydrogen-bond acceptors (Lipinski definition) is 6. The Morgan fingerprint density at radius 2 is 2.13 bits per heavy atom. The molecule has 8 nitrogen and oxygen atoms in total. The maximum atomic E-state index is 12.3. The fourth-order valence-corrected chi connectivity index (χ4v) is 2.69. The molecule has 0 aromatic carbocycles. The van der Waals surface area contributed by atoms with E-state index in [9.17, 15) is 9.59 Å². The van der Waals surface area contributed by atoms with Crippen LogP contribution in [0.15, 0.2) is 6.20 Å². The van der Waals surface area contributed by atoms with Gasteiger partial charge >= 0.3 is 5.97 Å². The molecule has 1 unspecified atom stereocenters. The van der Waals surface area contributed by atoms with E-state index in [2.05, 4.69) is 20.9 Å². The summed E-state index contributed by atoms with van der Waals surface area (Å²) in [5, 5.41) is 14.0. The molecule has 0 aliphatic carbocycles. The number of esters is 1. The zero-order chi connectivity index (χ0) is 16.8. The third-order valence-corrected chi connectivity index (χ3v) is 3.92. The van der Waals surface area contributed by atoms with Crippen LogP contribution >= 0.6 is 0 Å². The van der Waals surface area contributed by atoms with Crippen molar-refractivity contribution in [3.8, 4) is 0 Å². The molecule has 0 spiro atoms. The van der Waals surface area contributed by atoms with Gasteiger partial charge in [-0.15, -0.1) is 5.10 Å². The topological polar surface area (TPSA) is 98.1 Å². The quantitative estimate of drug-likeness (QED) is 0.741. The van der Waals surface area contributed by atoms with E-state index in [0.29, 0.717) is 6.42 Å². The number of ether oxygens (including phenoxy) is 1. The minimum Gasteiger partial charge on any atom is -0.467 e. The molecule has 0 bridgehead atoms. The van der Waals surface area contributed by atoms with Crippen LogP contribution in [0.3, 0.4) is 0 Å². The number of carbonyl (C=O) groups excluding carboxylic acids is 2. The van der Waals surface area contributed by atoms with Crippen molar-refractivity contribution in [2.24, 2.45) is 5.92 Å². The van der Waals surface area contributed by atoms with Gasteiger partial charge in [-0.05, 0) is 38.3 Å². The van der Waals surface area contributed by atoms with Gasteiger partial charge in [-0.25, -0.2) is 9.48 Å². The first-order chi connectivity index (χ1) is 11.0. The Kier molecular flexibility index (Phi) is 6.09. The molecule has 0 saturated carbocycles. The molecule has 8 heteroatoms. The summed E-state index contributed by atoms with van der Waals surface area (Å²) in [7, 11) is 1.31. The SMILES string of the molecule is COC(=O)C(CC(C)C)NC(=O)c1cn(C2CCNCC2)nn1. The van der Waals surface area contributed by atoms with Gasteiger partial charge in [-0.3, -0.25) is 4.79 Å². The predicted octanol–water partition coefficient (Wildman–Crippen LogP) is 0.520. The molecular weight excluding hydrogens is 298 g/mol. The predicted molar refractivity (Wildman–Crippen MR) is 83.9 cm³/mol. The van der Waals surface area contributed by atoms with Crippen molar-refractivity contribution >= 4 is 11.9 Å². The Morgan fingerprint density at radius 3 is 2.74 bits per heavy atom. The van der Waals surface area contributed by atoms with Gasteiger partial charge in [0.25, 0.3) is 5.91 Å². The molecule has 2 heterocycles. The zero-order valence-corrected chi connectivity index (χ0v) is 13.9. The van der Waals surface area contributed by atoms with E-state index in [0.717, 1.165) is 25.9 Å². The second kappa shape index (κ2) is 8.05. The fourth-order valence-electron chi connectivity index (χ4n) is 2.69. The van der Waals surface area contributed by atoms with Crippen LogP contribution in [0.25, 0.3) is 0 Å². The summed E-state index contributed by atoms with van der Waals surface area (Å²) in [5.74, 6) is -0.594. The lowest BCUT2D eigenvalue weighted by molar-refractivity contribution is -0.143. The molecule has 1 fully saturated rings. The number of nitrogens with zero attached hydrogens (tertiary/aromatic N) is 3. The van der Waals surface area contributed by atoms with Gasteiger partial charge in [-0.1, -0.05) is 19.1 Å². The van der Waals surface area contributed by atoms with E-state index >= 15 is 0 Å². The normalized spacial score (nSPS) is 17.0. The highest BCUT2D eigenvalue weighted by molar-refractivity contribution is 5.94. The number of hydrogen-bond donors (Lipinski definition) is 2. The van der Waals surface area contributed by atoms with E-state index in [1.807, 2.05) is 13.8 Å². The molecule has 2 rings (SSSR count). The fraction of sp³-hybridized carbons (Fsp3) is 0.733. The van der Waals surface area contributed by atoms with E-state index in [1.54, 1.807) is 10.9 Å². The Labute approximate surface area is 136 Å². The lowest BCUT2D eigenvalue weighted by Crippen LogP contribution is -2.42. The monoisotopic (exact) mass is 323 g/mol. The molecule has 1 aliphatic heterocycles. The van der Waals surface area contributed by atoms with Crippen LogP contribution in [0.4, 0.5) is 0 Å². The Morgan fingerprint density at radius 1 is 1.43 bits per heavy atom. The van der Waals surface area contributed by atoms with Gasteiger partial charge in [0.2, 0.25) is 0 Å². The molecule has 1 saturated heterocycles. The summed E-state index contributed by atoms with van der Waals surface area (Å²) in [4.78, 5) is 24.1. The van der Waals surface area contributed by atoms with Gasteiger partial charge in [0, 0.05) is 0 Å². The van der Waals surface area contributed by atoms with Crippen molar-refractivity contribution < 1.29 is 14.3 Å². The highest BCUT2D eigenvalue weighted by Crippen LogP contribution is 2.17. The van der Waals surface area contributed by atoms with Crippen molar-refractivity contribution in [3.63, 3.8) is 0 Å². The lowest BCUT2D eigenvalue weighted by Gasteiger charge is -2.22. The summed E-state index contributed by atoms with van der Waals surface area (Å²) >= 11 is 0. The third kappa shape index (κ3) is 4.75. The van der Waals surface area contributed by atoms with Crippen molar-refractivity contribution in [1.29, 1.82) is 0 Å². The van der Waals surface area contributed by atoms with Crippen LogP contribution in [0.2, 0.25) is 0 Å². The molecule has 128 valence electrons. The molecule has 23 heavy (non-hydrogen) atoms. The summed E-state index contributed by atoms with van der Waals surface area (Å²) in [6.07, 6.45) is 4.08. The van der Waals surface area contributed by atoms with Crippen LogP contribution in [0, 0.1) is 5.92 Å². The average Bonchev–Trinajstić information content (AvgIpc) is 3.04. The molecule has 1 amide bonds. The van der Waals surface area contributed by atoms with Gasteiger partial charge in [0.15, 0.2) is 5.69 Å². The third-order valence-electron chi connectivity index (χ3n) is 3.92. The number of amides is 1. The minimum absolute atomic E-state index is 0.223. The lowest BCUT2D eigenvalue weighted by atomic mass is 10.0. The Balaban J connectivity index is 2.01. The maximum Gasteiger partial charge on any atom is 0.328 e. The summed E-state index contributed by atoms with van der Waals surface area (Å²) in [6, 6.07) is -0.408. The number of aromatic nitrogens is 3. The van der Waals surface area contributed by atoms with E-state index in [-0.39, 0.29) is 17.7 Å². The molecule has 1 atom stereocenters. The first kappa shape index (κ1) is 17.4. The van der Waals surface area contributed by atoms with Crippen LogP contribution in [0.1, 0.15) is 49.6 Å². The van der Waals surface area contributed by atoms with E-state index in [4.69, 9.17) is 4.74 Å². The molecular formula is C15H25N5O3. The summed E-state index contributed by atoms with van der Waals surface area (Å²) in [6.45, 7) is 5.83. The van der Waals surface area contributed by atoms with Crippen molar-refractivity contribution in [3.05, 3.63) is 11.9 Å². The second-order valence-electron chi connectivity index (χ2n) is 6.24. The first-order valence-corrected chi connectivity index (χ1v) is 8.02. The molecule has 2 N–H and O–H groups in total. The number of carbonyl (C=O) groups is 2. The standard InChI is InChI=1S/C15H25N5O3/c1-10(2)8-12(15(22)23-3)17-14(21)13-9-20(19-18-13)11-4-6-16-7-5-11/h9-12,16H,4-8H2,1-3H3,(H,17,21).